The molecular formula is C4H9N3S. The average Bonchev–Trinajstić information content (AvgIpc) is 1.57. The first-order chi connectivity index (χ1) is 3.70. The third-order valence-electron chi connectivity index (χ3n) is 1.14. The van der Waals surface area contributed by atoms with Crippen LogP contribution < -0.4 is 5.73 Å². The molecule has 1 aliphatic heterocycles. The highest BCUT2D eigenvalue weighted by Gasteiger charge is 2.19. The molecule has 2 N–H and O–H groups in total. The van der Waals surface area contributed by atoms with Gasteiger partial charge in [0.2, 0.25) is 0 Å². The van der Waals surface area contributed by atoms with E-state index in [1.54, 1.807) is 0 Å². The third-order valence-corrected chi connectivity index (χ3v) is 1.39. The van der Waals surface area contributed by atoms with Gasteiger partial charge in [-0.05, 0) is 19.3 Å². The molecule has 4 heteroatoms. The van der Waals surface area contributed by atoms with Crippen LogP contribution in [-0.4, -0.2) is 35.3 Å². The van der Waals surface area contributed by atoms with Crippen molar-refractivity contribution in [1.29, 1.82) is 0 Å². The van der Waals surface area contributed by atoms with Crippen molar-refractivity contribution in [2.45, 2.75) is 0 Å². The van der Waals surface area contributed by atoms with Gasteiger partial charge in [0.05, 0.1) is 13.3 Å². The summed E-state index contributed by atoms with van der Waals surface area (Å²) < 4.78 is 0. The molecule has 1 aliphatic rings. The van der Waals surface area contributed by atoms with Crippen LogP contribution in [0, 0.1) is 0 Å². The van der Waals surface area contributed by atoms with Crippen LogP contribution in [0.4, 0.5) is 0 Å². The molecule has 0 spiro atoms. The van der Waals surface area contributed by atoms with Crippen molar-refractivity contribution >= 4 is 17.3 Å². The van der Waals surface area contributed by atoms with Gasteiger partial charge in [0, 0.05) is 0 Å². The number of thiocarbonyl (C=S) groups is 1. The number of hydrogen-bond donors (Lipinski definition) is 1. The SMILES string of the molecule is CN1CN(C(N)=S)C1. The van der Waals surface area contributed by atoms with Crippen LogP contribution >= 0.6 is 12.2 Å². The van der Waals surface area contributed by atoms with E-state index in [0.717, 1.165) is 13.3 Å². The Morgan fingerprint density at radius 1 is 1.62 bits per heavy atom. The van der Waals surface area contributed by atoms with Gasteiger partial charge in [0.25, 0.3) is 0 Å². The molecule has 0 aromatic heterocycles. The summed E-state index contributed by atoms with van der Waals surface area (Å²) >= 11 is 4.70. The zero-order valence-corrected chi connectivity index (χ0v) is 5.61. The lowest BCUT2D eigenvalue weighted by Gasteiger charge is -2.40. The number of nitrogens with zero attached hydrogens (tertiary/aromatic N) is 2. The highest BCUT2D eigenvalue weighted by molar-refractivity contribution is 7.80. The van der Waals surface area contributed by atoms with Crippen LogP contribution in [0.3, 0.4) is 0 Å². The minimum Gasteiger partial charge on any atom is -0.376 e. The molecule has 1 fully saturated rings. The minimum atomic E-state index is 0.503. The van der Waals surface area contributed by atoms with E-state index in [-0.39, 0.29) is 0 Å². The van der Waals surface area contributed by atoms with Crippen LogP contribution in [0.1, 0.15) is 0 Å². The van der Waals surface area contributed by atoms with Crippen LogP contribution in [0.2, 0.25) is 0 Å². The van der Waals surface area contributed by atoms with Gasteiger partial charge in [0.1, 0.15) is 0 Å². The molecule has 1 heterocycles. The summed E-state index contributed by atoms with van der Waals surface area (Å²) in [4.78, 5) is 4.05. The van der Waals surface area contributed by atoms with E-state index in [1.807, 2.05) is 11.9 Å². The summed E-state index contributed by atoms with van der Waals surface area (Å²) in [5.41, 5.74) is 5.29. The van der Waals surface area contributed by atoms with Gasteiger partial charge in [-0.1, -0.05) is 0 Å². The summed E-state index contributed by atoms with van der Waals surface area (Å²) in [6.07, 6.45) is 0. The zero-order chi connectivity index (χ0) is 6.15. The third kappa shape index (κ3) is 0.900. The standard InChI is InChI=1S/C4H9N3S/c1-6-2-7(3-6)4(5)8/h2-3H2,1H3,(H2,5,8). The average molecular weight is 131 g/mol. The Morgan fingerprint density at radius 2 is 2.12 bits per heavy atom. The summed E-state index contributed by atoms with van der Waals surface area (Å²) in [5, 5.41) is 0.503. The number of hydrogen-bond acceptors (Lipinski definition) is 2. The van der Waals surface area contributed by atoms with Crippen LogP contribution in [0.15, 0.2) is 0 Å². The van der Waals surface area contributed by atoms with Crippen molar-refractivity contribution in [1.82, 2.24) is 9.80 Å². The van der Waals surface area contributed by atoms with Gasteiger partial charge in [-0.3, -0.25) is 4.90 Å². The van der Waals surface area contributed by atoms with Gasteiger partial charge in [-0.15, -0.1) is 0 Å². The lowest BCUT2D eigenvalue weighted by Crippen LogP contribution is -2.57. The first kappa shape index (κ1) is 5.78. The molecule has 1 rings (SSSR count). The maximum absolute atomic E-state index is 5.29. The molecule has 0 aromatic rings. The maximum Gasteiger partial charge on any atom is 0.168 e. The molecule has 1 saturated heterocycles. The van der Waals surface area contributed by atoms with Crippen LogP contribution in [-0.2, 0) is 0 Å². The quantitative estimate of drug-likeness (QED) is 0.445. The van der Waals surface area contributed by atoms with Gasteiger partial charge in [-0.2, -0.15) is 0 Å². The predicted molar refractivity (Wildman–Crippen MR) is 36.1 cm³/mol. The molecule has 0 aliphatic carbocycles. The van der Waals surface area contributed by atoms with E-state index in [0.29, 0.717) is 5.11 Å². The Bertz CT molecular complexity index is 108. The second-order valence-corrected chi connectivity index (χ2v) is 2.44. The fourth-order valence-corrected chi connectivity index (χ4v) is 0.796. The smallest absolute Gasteiger partial charge is 0.168 e. The molecule has 8 heavy (non-hydrogen) atoms. The van der Waals surface area contributed by atoms with Crippen LogP contribution in [0.25, 0.3) is 0 Å². The van der Waals surface area contributed by atoms with E-state index in [9.17, 15) is 0 Å². The fraction of sp³-hybridized carbons (Fsp3) is 0.750. The van der Waals surface area contributed by atoms with E-state index in [1.165, 1.54) is 0 Å². The van der Waals surface area contributed by atoms with E-state index < -0.39 is 0 Å². The first-order valence-electron chi connectivity index (χ1n) is 2.43. The molecule has 0 saturated carbocycles. The van der Waals surface area contributed by atoms with Gasteiger partial charge in [-0.25, -0.2) is 0 Å². The Hall–Kier alpha value is -0.350. The van der Waals surface area contributed by atoms with Crippen LogP contribution in [0.5, 0.6) is 0 Å². The lowest BCUT2D eigenvalue weighted by atomic mass is 10.5. The molecule has 3 nitrogen and oxygen atoms in total. The van der Waals surface area contributed by atoms with Crippen molar-refractivity contribution < 1.29 is 0 Å². The summed E-state index contributed by atoms with van der Waals surface area (Å²) in [5.74, 6) is 0. The second-order valence-electron chi connectivity index (χ2n) is 2.02. The van der Waals surface area contributed by atoms with Crippen molar-refractivity contribution in [2.24, 2.45) is 5.73 Å². The Morgan fingerprint density at radius 3 is 2.25 bits per heavy atom. The van der Waals surface area contributed by atoms with Crippen molar-refractivity contribution in [3.8, 4) is 0 Å². The lowest BCUT2D eigenvalue weighted by molar-refractivity contribution is 0.0560. The highest BCUT2D eigenvalue weighted by atomic mass is 32.1. The first-order valence-corrected chi connectivity index (χ1v) is 2.84. The molecule has 0 atom stereocenters. The maximum atomic E-state index is 5.29. The molecule has 0 amide bonds. The largest absolute Gasteiger partial charge is 0.376 e. The van der Waals surface area contributed by atoms with Gasteiger partial charge < -0.3 is 10.6 Å². The topological polar surface area (TPSA) is 32.5 Å². The molecule has 0 bridgehead atoms. The summed E-state index contributed by atoms with van der Waals surface area (Å²) in [6, 6.07) is 0. The van der Waals surface area contributed by atoms with E-state index >= 15 is 0 Å². The normalized spacial score (nSPS) is 20.4. The van der Waals surface area contributed by atoms with Crippen molar-refractivity contribution in [3.63, 3.8) is 0 Å². The Balaban J connectivity index is 2.25. The van der Waals surface area contributed by atoms with Gasteiger partial charge >= 0.3 is 0 Å². The molecule has 0 unspecified atom stereocenters. The van der Waals surface area contributed by atoms with Gasteiger partial charge in [0.15, 0.2) is 5.11 Å². The second kappa shape index (κ2) is 1.87. The van der Waals surface area contributed by atoms with Crippen molar-refractivity contribution in [2.75, 3.05) is 20.4 Å². The minimum absolute atomic E-state index is 0.503. The fourth-order valence-electron chi connectivity index (χ4n) is 0.681. The highest BCUT2D eigenvalue weighted by Crippen LogP contribution is 2.02. The predicted octanol–water partition coefficient (Wildman–Crippen LogP) is -0.608. The van der Waals surface area contributed by atoms with E-state index in [2.05, 4.69) is 4.90 Å². The Kier molecular flexibility index (Phi) is 1.35. The molecule has 46 valence electrons. The monoisotopic (exact) mass is 131 g/mol. The molecular weight excluding hydrogens is 122 g/mol. The summed E-state index contributed by atoms with van der Waals surface area (Å²) in [6.45, 7) is 1.77. The molecule has 0 aromatic carbocycles. The van der Waals surface area contributed by atoms with Crippen molar-refractivity contribution in [3.05, 3.63) is 0 Å². The summed E-state index contributed by atoms with van der Waals surface area (Å²) in [7, 11) is 2.02. The zero-order valence-electron chi connectivity index (χ0n) is 4.79. The molecule has 0 radical (unpaired) electrons. The van der Waals surface area contributed by atoms with E-state index in [4.69, 9.17) is 18.0 Å². The number of nitrogens with two attached hydrogens (primary N) is 1. The number of rotatable bonds is 0. The Labute approximate surface area is 54.0 Å².